The first-order valence-electron chi connectivity index (χ1n) is 9.35. The van der Waals surface area contributed by atoms with E-state index in [1.54, 1.807) is 6.26 Å². The Morgan fingerprint density at radius 1 is 1.33 bits per heavy atom. The van der Waals surface area contributed by atoms with Crippen molar-refractivity contribution >= 4 is 5.91 Å². The van der Waals surface area contributed by atoms with Gasteiger partial charge in [-0.2, -0.15) is 0 Å². The summed E-state index contributed by atoms with van der Waals surface area (Å²) < 4.78 is 5.48. The fourth-order valence-electron chi connectivity index (χ4n) is 4.99. The molecule has 3 aliphatic heterocycles. The summed E-state index contributed by atoms with van der Waals surface area (Å²) in [5.41, 5.74) is -0.867. The summed E-state index contributed by atoms with van der Waals surface area (Å²) in [5.74, 6) is 1.56. The third kappa shape index (κ3) is 2.88. The van der Waals surface area contributed by atoms with Crippen LogP contribution in [0.4, 0.5) is 0 Å². The summed E-state index contributed by atoms with van der Waals surface area (Å²) in [6.07, 6.45) is 7.45. The maximum Gasteiger partial charge on any atom is 0.236 e. The summed E-state index contributed by atoms with van der Waals surface area (Å²) >= 11 is 0. The summed E-state index contributed by atoms with van der Waals surface area (Å²) in [6.45, 7) is 4.55. The van der Waals surface area contributed by atoms with E-state index >= 15 is 0 Å². The van der Waals surface area contributed by atoms with Gasteiger partial charge in [0.05, 0.1) is 12.8 Å². The quantitative estimate of drug-likeness (QED) is 0.923. The van der Waals surface area contributed by atoms with Gasteiger partial charge in [-0.25, -0.2) is 0 Å². The van der Waals surface area contributed by atoms with Gasteiger partial charge in [0.25, 0.3) is 0 Å². The zero-order valence-electron chi connectivity index (χ0n) is 14.5. The van der Waals surface area contributed by atoms with Gasteiger partial charge < -0.3 is 14.4 Å². The molecule has 4 atom stereocenters. The second-order valence-corrected chi connectivity index (χ2v) is 8.06. The summed E-state index contributed by atoms with van der Waals surface area (Å²) in [5, 5.41) is 11.0. The highest BCUT2D eigenvalue weighted by Gasteiger charge is 2.50. The molecule has 132 valence electrons. The standard InChI is InChI=1S/C19H28N2O3/c1-14-4-2-8-20(12-14)18(22)13-21-15-6-7-16(21)11-19(23,10-15)17-5-3-9-24-17/h3,5,9,14-16,23H,2,4,6-8,10-13H2,1H3/t14-,15-,16+,19?/m1/s1. The Kier molecular flexibility index (Phi) is 4.17. The lowest BCUT2D eigenvalue weighted by molar-refractivity contribution is -0.138. The summed E-state index contributed by atoms with van der Waals surface area (Å²) in [7, 11) is 0. The number of aliphatic hydroxyl groups is 1. The van der Waals surface area contributed by atoms with Gasteiger partial charge in [-0.05, 0) is 56.6 Å². The Morgan fingerprint density at radius 3 is 2.71 bits per heavy atom. The van der Waals surface area contributed by atoms with E-state index in [1.165, 1.54) is 6.42 Å². The SMILES string of the molecule is C[C@@H]1CCCN(C(=O)CN2[C@@H]3CC[C@H]2CC(O)(c2ccco2)C3)C1. The number of furan rings is 1. The van der Waals surface area contributed by atoms with Crippen molar-refractivity contribution in [3.8, 4) is 0 Å². The fraction of sp³-hybridized carbons (Fsp3) is 0.737. The van der Waals surface area contributed by atoms with Gasteiger partial charge in [0, 0.05) is 25.2 Å². The van der Waals surface area contributed by atoms with Crippen LogP contribution in [0, 0.1) is 5.92 Å². The first-order valence-corrected chi connectivity index (χ1v) is 9.35. The number of rotatable bonds is 3. The number of hydrogen-bond donors (Lipinski definition) is 1. The summed E-state index contributed by atoms with van der Waals surface area (Å²) in [4.78, 5) is 17.1. The van der Waals surface area contributed by atoms with Crippen LogP contribution in [0.1, 0.15) is 51.2 Å². The molecule has 1 amide bonds. The minimum atomic E-state index is -0.867. The predicted molar refractivity (Wildman–Crippen MR) is 90.3 cm³/mol. The molecule has 1 aromatic heterocycles. The third-order valence-corrected chi connectivity index (χ3v) is 6.23. The lowest BCUT2D eigenvalue weighted by Gasteiger charge is -2.43. The average Bonchev–Trinajstić information content (AvgIpc) is 3.17. The van der Waals surface area contributed by atoms with Crippen molar-refractivity contribution in [1.82, 2.24) is 9.80 Å². The van der Waals surface area contributed by atoms with E-state index in [-0.39, 0.29) is 18.0 Å². The molecular formula is C19H28N2O3. The molecule has 4 rings (SSSR count). The van der Waals surface area contributed by atoms with Gasteiger partial charge in [-0.15, -0.1) is 0 Å². The van der Waals surface area contributed by atoms with E-state index in [9.17, 15) is 9.90 Å². The van der Waals surface area contributed by atoms with E-state index < -0.39 is 5.60 Å². The van der Waals surface area contributed by atoms with Crippen molar-refractivity contribution in [2.75, 3.05) is 19.6 Å². The molecule has 5 heteroatoms. The highest BCUT2D eigenvalue weighted by atomic mass is 16.4. The number of likely N-dealkylation sites (tertiary alicyclic amines) is 1. The monoisotopic (exact) mass is 332 g/mol. The number of hydrogen-bond acceptors (Lipinski definition) is 4. The zero-order chi connectivity index (χ0) is 16.7. The maximum atomic E-state index is 12.7. The molecule has 3 aliphatic rings. The van der Waals surface area contributed by atoms with Gasteiger partial charge in [0.15, 0.2) is 0 Å². The Hall–Kier alpha value is -1.33. The van der Waals surface area contributed by atoms with Crippen LogP contribution >= 0.6 is 0 Å². The van der Waals surface area contributed by atoms with E-state index in [0.29, 0.717) is 31.1 Å². The minimum Gasteiger partial charge on any atom is -0.466 e. The van der Waals surface area contributed by atoms with Crippen LogP contribution in [-0.4, -0.2) is 52.5 Å². The Balaban J connectivity index is 1.42. The molecular weight excluding hydrogens is 304 g/mol. The minimum absolute atomic E-state index is 0.266. The molecule has 3 saturated heterocycles. The van der Waals surface area contributed by atoms with Gasteiger partial charge in [0.2, 0.25) is 5.91 Å². The highest BCUT2D eigenvalue weighted by Crippen LogP contribution is 2.45. The van der Waals surface area contributed by atoms with Crippen LogP contribution in [0.2, 0.25) is 0 Å². The molecule has 0 spiro atoms. The average molecular weight is 332 g/mol. The lowest BCUT2D eigenvalue weighted by Crippen LogP contribution is -2.53. The number of piperidine rings is 2. The Morgan fingerprint density at radius 2 is 2.08 bits per heavy atom. The molecule has 4 heterocycles. The molecule has 1 aromatic rings. The molecule has 3 fully saturated rings. The Labute approximate surface area is 143 Å². The normalized spacial score (nSPS) is 36.9. The second kappa shape index (κ2) is 6.19. The number of carbonyl (C=O) groups is 1. The molecule has 5 nitrogen and oxygen atoms in total. The van der Waals surface area contributed by atoms with Crippen molar-refractivity contribution in [3.63, 3.8) is 0 Å². The largest absolute Gasteiger partial charge is 0.466 e. The molecule has 1 unspecified atom stereocenters. The van der Waals surface area contributed by atoms with Crippen molar-refractivity contribution in [2.45, 2.75) is 63.1 Å². The predicted octanol–water partition coefficient (Wildman–Crippen LogP) is 2.35. The molecule has 24 heavy (non-hydrogen) atoms. The van der Waals surface area contributed by atoms with Crippen LogP contribution in [0.5, 0.6) is 0 Å². The van der Waals surface area contributed by atoms with Crippen molar-refractivity contribution in [3.05, 3.63) is 24.2 Å². The molecule has 0 aromatic carbocycles. The van der Waals surface area contributed by atoms with Gasteiger partial charge >= 0.3 is 0 Å². The van der Waals surface area contributed by atoms with Crippen molar-refractivity contribution < 1.29 is 14.3 Å². The topological polar surface area (TPSA) is 56.9 Å². The van der Waals surface area contributed by atoms with E-state index in [1.807, 2.05) is 17.0 Å². The number of carbonyl (C=O) groups excluding carboxylic acids is 1. The molecule has 0 radical (unpaired) electrons. The van der Waals surface area contributed by atoms with Gasteiger partial charge in [-0.1, -0.05) is 6.92 Å². The van der Waals surface area contributed by atoms with Crippen LogP contribution in [-0.2, 0) is 10.4 Å². The first-order chi connectivity index (χ1) is 11.5. The van der Waals surface area contributed by atoms with E-state index in [4.69, 9.17) is 4.42 Å². The lowest BCUT2D eigenvalue weighted by atomic mass is 9.84. The Bertz CT molecular complexity index is 571. The zero-order valence-corrected chi connectivity index (χ0v) is 14.5. The van der Waals surface area contributed by atoms with Crippen LogP contribution < -0.4 is 0 Å². The molecule has 1 N–H and O–H groups in total. The molecule has 0 aliphatic carbocycles. The van der Waals surface area contributed by atoms with Crippen LogP contribution in [0.15, 0.2) is 22.8 Å². The summed E-state index contributed by atoms with van der Waals surface area (Å²) in [6, 6.07) is 4.27. The fourth-order valence-corrected chi connectivity index (χ4v) is 4.99. The van der Waals surface area contributed by atoms with Crippen molar-refractivity contribution in [2.24, 2.45) is 5.92 Å². The molecule has 0 saturated carbocycles. The van der Waals surface area contributed by atoms with E-state index in [2.05, 4.69) is 11.8 Å². The first kappa shape index (κ1) is 16.2. The second-order valence-electron chi connectivity index (χ2n) is 8.06. The smallest absolute Gasteiger partial charge is 0.236 e. The van der Waals surface area contributed by atoms with Crippen LogP contribution in [0.25, 0.3) is 0 Å². The van der Waals surface area contributed by atoms with E-state index in [0.717, 1.165) is 32.4 Å². The maximum absolute atomic E-state index is 12.7. The van der Waals surface area contributed by atoms with Crippen LogP contribution in [0.3, 0.4) is 0 Å². The number of amides is 1. The number of nitrogens with zero attached hydrogens (tertiary/aromatic N) is 2. The van der Waals surface area contributed by atoms with Gasteiger partial charge in [0.1, 0.15) is 11.4 Å². The highest BCUT2D eigenvalue weighted by molar-refractivity contribution is 5.78. The van der Waals surface area contributed by atoms with Gasteiger partial charge in [-0.3, -0.25) is 9.69 Å². The molecule has 2 bridgehead atoms. The van der Waals surface area contributed by atoms with Crippen molar-refractivity contribution in [1.29, 1.82) is 0 Å². The number of fused-ring (bicyclic) bond motifs is 2. The third-order valence-electron chi connectivity index (χ3n) is 6.23.